The lowest BCUT2D eigenvalue weighted by atomic mass is 10.1. The molecule has 0 unspecified atom stereocenters. The van der Waals surface area contributed by atoms with Crippen molar-refractivity contribution in [3.05, 3.63) is 42.0 Å². The number of nitrogens with one attached hydrogen (secondary N) is 2. The Morgan fingerprint density at radius 3 is 2.53 bits per heavy atom. The number of nitrogens with zero attached hydrogens (tertiary/aromatic N) is 2. The molecule has 19 heavy (non-hydrogen) atoms. The molecule has 0 amide bonds. The molecule has 2 N–H and O–H groups in total. The average Bonchev–Trinajstić information content (AvgIpc) is 2.40. The molecule has 0 aliphatic carbocycles. The second-order valence-corrected chi connectivity index (χ2v) is 3.96. The zero-order chi connectivity index (χ0) is 13.7. The van der Waals surface area contributed by atoms with Gasteiger partial charge in [0, 0.05) is 24.7 Å². The molecule has 1 aromatic heterocycles. The molecular weight excluding hydrogens is 250 g/mol. The van der Waals surface area contributed by atoms with Crippen molar-refractivity contribution in [2.75, 3.05) is 25.5 Å². The highest BCUT2D eigenvalue weighted by molar-refractivity contribution is 5.60. The van der Waals surface area contributed by atoms with Crippen molar-refractivity contribution in [2.45, 2.75) is 0 Å². The van der Waals surface area contributed by atoms with Crippen LogP contribution in [0.4, 0.5) is 14.6 Å². The molecule has 100 valence electrons. The van der Waals surface area contributed by atoms with Crippen LogP contribution in [0, 0.1) is 11.6 Å². The average molecular weight is 264 g/mol. The van der Waals surface area contributed by atoms with E-state index in [1.807, 2.05) is 7.05 Å². The third-order valence-corrected chi connectivity index (χ3v) is 2.55. The number of likely N-dealkylation sites (N-methyl/N-ethyl adjacent to an activating group) is 1. The van der Waals surface area contributed by atoms with E-state index >= 15 is 0 Å². The zero-order valence-corrected chi connectivity index (χ0v) is 10.5. The van der Waals surface area contributed by atoms with Gasteiger partial charge in [-0.25, -0.2) is 8.78 Å². The topological polar surface area (TPSA) is 49.8 Å². The number of halogens is 2. The summed E-state index contributed by atoms with van der Waals surface area (Å²) >= 11 is 0. The van der Waals surface area contributed by atoms with Crippen LogP contribution in [0.5, 0.6) is 0 Å². The summed E-state index contributed by atoms with van der Waals surface area (Å²) in [6, 6.07) is 6.73. The first-order valence-electron chi connectivity index (χ1n) is 5.88. The van der Waals surface area contributed by atoms with E-state index in [2.05, 4.69) is 20.8 Å². The zero-order valence-electron chi connectivity index (χ0n) is 10.5. The van der Waals surface area contributed by atoms with Gasteiger partial charge in [0.1, 0.15) is 17.5 Å². The van der Waals surface area contributed by atoms with Crippen molar-refractivity contribution < 1.29 is 8.78 Å². The molecule has 4 nitrogen and oxygen atoms in total. The summed E-state index contributed by atoms with van der Waals surface area (Å²) in [5, 5.41) is 13.9. The van der Waals surface area contributed by atoms with E-state index in [0.29, 0.717) is 11.5 Å². The summed E-state index contributed by atoms with van der Waals surface area (Å²) in [6.07, 6.45) is 0. The largest absolute Gasteiger partial charge is 0.367 e. The normalized spacial score (nSPS) is 10.5. The maximum Gasteiger partial charge on any atom is 0.148 e. The Morgan fingerprint density at radius 1 is 1.05 bits per heavy atom. The standard InChI is InChI=1S/C13H14F2N4/c1-16-6-7-17-13-5-4-12(18-19-13)10-3-2-9(14)8-11(10)15/h2-5,8,16H,6-7H2,1H3,(H,17,19). The Labute approximate surface area is 109 Å². The minimum atomic E-state index is -0.648. The van der Waals surface area contributed by atoms with Gasteiger partial charge >= 0.3 is 0 Å². The lowest BCUT2D eigenvalue weighted by Crippen LogP contribution is -2.18. The fraction of sp³-hybridized carbons (Fsp3) is 0.231. The Bertz CT molecular complexity index is 543. The third-order valence-electron chi connectivity index (χ3n) is 2.55. The first kappa shape index (κ1) is 13.4. The summed E-state index contributed by atoms with van der Waals surface area (Å²) < 4.78 is 26.4. The van der Waals surface area contributed by atoms with Crippen molar-refractivity contribution in [1.82, 2.24) is 15.5 Å². The molecule has 0 radical (unpaired) electrons. The lowest BCUT2D eigenvalue weighted by Gasteiger charge is -2.06. The van der Waals surface area contributed by atoms with Gasteiger partial charge in [-0.1, -0.05) is 0 Å². The highest BCUT2D eigenvalue weighted by Crippen LogP contribution is 2.21. The van der Waals surface area contributed by atoms with Gasteiger partial charge in [0.15, 0.2) is 0 Å². The van der Waals surface area contributed by atoms with E-state index in [-0.39, 0.29) is 5.56 Å². The lowest BCUT2D eigenvalue weighted by molar-refractivity contribution is 0.585. The van der Waals surface area contributed by atoms with Gasteiger partial charge in [-0.2, -0.15) is 0 Å². The molecule has 1 aromatic carbocycles. The number of benzene rings is 1. The van der Waals surface area contributed by atoms with Gasteiger partial charge in [-0.15, -0.1) is 10.2 Å². The Hall–Kier alpha value is -2.08. The van der Waals surface area contributed by atoms with Gasteiger partial charge in [0.25, 0.3) is 0 Å². The molecule has 0 aliphatic heterocycles. The van der Waals surface area contributed by atoms with Crippen LogP contribution in [0.2, 0.25) is 0 Å². The summed E-state index contributed by atoms with van der Waals surface area (Å²) in [4.78, 5) is 0. The van der Waals surface area contributed by atoms with E-state index in [1.165, 1.54) is 12.1 Å². The molecule has 0 aliphatic rings. The van der Waals surface area contributed by atoms with Crippen molar-refractivity contribution in [1.29, 1.82) is 0 Å². The maximum atomic E-state index is 13.6. The smallest absolute Gasteiger partial charge is 0.148 e. The minimum absolute atomic E-state index is 0.232. The van der Waals surface area contributed by atoms with Crippen molar-refractivity contribution in [3.63, 3.8) is 0 Å². The molecule has 0 bridgehead atoms. The van der Waals surface area contributed by atoms with Gasteiger partial charge in [-0.05, 0) is 31.3 Å². The number of rotatable bonds is 5. The number of anilines is 1. The first-order chi connectivity index (χ1) is 9.20. The van der Waals surface area contributed by atoms with E-state index < -0.39 is 11.6 Å². The summed E-state index contributed by atoms with van der Waals surface area (Å²) in [5.41, 5.74) is 0.604. The molecular formula is C13H14F2N4. The Morgan fingerprint density at radius 2 is 1.89 bits per heavy atom. The van der Waals surface area contributed by atoms with E-state index in [1.54, 1.807) is 12.1 Å². The van der Waals surface area contributed by atoms with Crippen LogP contribution >= 0.6 is 0 Å². The Kier molecular flexibility index (Phi) is 4.35. The minimum Gasteiger partial charge on any atom is -0.367 e. The van der Waals surface area contributed by atoms with Gasteiger partial charge in [0.2, 0.25) is 0 Å². The molecule has 0 fully saturated rings. The molecule has 6 heteroatoms. The van der Waals surface area contributed by atoms with Crippen LogP contribution in [0.15, 0.2) is 30.3 Å². The van der Waals surface area contributed by atoms with Crippen molar-refractivity contribution >= 4 is 5.82 Å². The van der Waals surface area contributed by atoms with Crippen LogP contribution in [0.25, 0.3) is 11.3 Å². The molecule has 0 saturated carbocycles. The summed E-state index contributed by atoms with van der Waals surface area (Å²) in [7, 11) is 1.85. The summed E-state index contributed by atoms with van der Waals surface area (Å²) in [5.74, 6) is -0.647. The van der Waals surface area contributed by atoms with Crippen molar-refractivity contribution in [2.24, 2.45) is 0 Å². The van der Waals surface area contributed by atoms with E-state index in [4.69, 9.17) is 0 Å². The highest BCUT2D eigenvalue weighted by Gasteiger charge is 2.08. The molecule has 0 atom stereocenters. The second kappa shape index (κ2) is 6.19. The highest BCUT2D eigenvalue weighted by atomic mass is 19.1. The second-order valence-electron chi connectivity index (χ2n) is 3.96. The quantitative estimate of drug-likeness (QED) is 0.812. The van der Waals surface area contributed by atoms with Crippen LogP contribution < -0.4 is 10.6 Å². The molecule has 1 heterocycles. The van der Waals surface area contributed by atoms with Crippen LogP contribution in [-0.4, -0.2) is 30.3 Å². The van der Waals surface area contributed by atoms with Gasteiger partial charge in [0.05, 0.1) is 5.69 Å². The van der Waals surface area contributed by atoms with Gasteiger partial charge < -0.3 is 10.6 Å². The number of aromatic nitrogens is 2. The third kappa shape index (κ3) is 3.45. The first-order valence-corrected chi connectivity index (χ1v) is 5.88. The van der Waals surface area contributed by atoms with Crippen LogP contribution in [-0.2, 0) is 0 Å². The fourth-order valence-electron chi connectivity index (χ4n) is 1.58. The SMILES string of the molecule is CNCCNc1ccc(-c2ccc(F)cc2F)nn1. The Balaban J connectivity index is 2.13. The molecule has 0 saturated heterocycles. The number of hydrogen-bond donors (Lipinski definition) is 2. The molecule has 2 rings (SSSR count). The maximum absolute atomic E-state index is 13.6. The van der Waals surface area contributed by atoms with Crippen LogP contribution in [0.3, 0.4) is 0 Å². The van der Waals surface area contributed by atoms with E-state index in [0.717, 1.165) is 19.2 Å². The summed E-state index contributed by atoms with van der Waals surface area (Å²) in [6.45, 7) is 1.52. The monoisotopic (exact) mass is 264 g/mol. The fourth-order valence-corrected chi connectivity index (χ4v) is 1.58. The number of hydrogen-bond acceptors (Lipinski definition) is 4. The predicted molar refractivity (Wildman–Crippen MR) is 69.8 cm³/mol. The molecule has 2 aromatic rings. The van der Waals surface area contributed by atoms with Crippen LogP contribution in [0.1, 0.15) is 0 Å². The molecule has 0 spiro atoms. The van der Waals surface area contributed by atoms with Crippen molar-refractivity contribution in [3.8, 4) is 11.3 Å². The predicted octanol–water partition coefficient (Wildman–Crippen LogP) is 2.05. The van der Waals surface area contributed by atoms with E-state index in [9.17, 15) is 8.78 Å². The van der Waals surface area contributed by atoms with Gasteiger partial charge in [-0.3, -0.25) is 0 Å².